The van der Waals surface area contributed by atoms with Crippen molar-refractivity contribution in [3.63, 3.8) is 0 Å². The molecule has 6 heteroatoms. The summed E-state index contributed by atoms with van der Waals surface area (Å²) in [5, 5.41) is 4.70. The third-order valence-electron chi connectivity index (χ3n) is 3.88. The predicted octanol–water partition coefficient (Wildman–Crippen LogP) is 5.37. The molecule has 4 nitrogen and oxygen atoms in total. The first-order chi connectivity index (χ1) is 13.6. The first kappa shape index (κ1) is 20.1. The van der Waals surface area contributed by atoms with Gasteiger partial charge in [-0.1, -0.05) is 51.8 Å². The SMILES string of the molecule is O=C(Cc1ccc(Br)cc1)N/N=C\c1ccc(OCc2ccc(Cl)cc2)cc1. The van der Waals surface area contributed by atoms with Crippen LogP contribution in [0.25, 0.3) is 0 Å². The lowest BCUT2D eigenvalue weighted by molar-refractivity contribution is -0.120. The highest BCUT2D eigenvalue weighted by molar-refractivity contribution is 9.10. The maximum atomic E-state index is 11.9. The largest absolute Gasteiger partial charge is 0.489 e. The van der Waals surface area contributed by atoms with Gasteiger partial charge in [-0.15, -0.1) is 0 Å². The molecule has 0 aromatic heterocycles. The zero-order chi connectivity index (χ0) is 19.8. The van der Waals surface area contributed by atoms with Gasteiger partial charge in [0, 0.05) is 9.50 Å². The number of nitrogens with one attached hydrogen (secondary N) is 1. The summed E-state index contributed by atoms with van der Waals surface area (Å²) in [6, 6.07) is 22.6. The molecule has 0 atom stereocenters. The molecule has 28 heavy (non-hydrogen) atoms. The minimum absolute atomic E-state index is 0.165. The van der Waals surface area contributed by atoms with E-state index in [0.29, 0.717) is 11.6 Å². The van der Waals surface area contributed by atoms with E-state index in [1.807, 2.05) is 72.8 Å². The van der Waals surface area contributed by atoms with Gasteiger partial charge in [0.2, 0.25) is 5.91 Å². The number of hydrogen-bond donors (Lipinski definition) is 1. The Morgan fingerprint density at radius 3 is 2.29 bits per heavy atom. The van der Waals surface area contributed by atoms with E-state index in [4.69, 9.17) is 16.3 Å². The minimum Gasteiger partial charge on any atom is -0.489 e. The first-order valence-electron chi connectivity index (χ1n) is 8.62. The lowest BCUT2D eigenvalue weighted by Crippen LogP contribution is -2.19. The molecule has 0 aliphatic carbocycles. The maximum absolute atomic E-state index is 11.9. The molecular weight excluding hydrogens is 440 g/mol. The van der Waals surface area contributed by atoms with Crippen molar-refractivity contribution in [3.8, 4) is 5.75 Å². The number of rotatable bonds is 7. The molecule has 0 aliphatic heterocycles. The molecule has 0 fully saturated rings. The molecule has 0 bridgehead atoms. The van der Waals surface area contributed by atoms with Crippen LogP contribution in [-0.2, 0) is 17.8 Å². The van der Waals surface area contributed by atoms with Crippen LogP contribution in [0.15, 0.2) is 82.4 Å². The Morgan fingerprint density at radius 2 is 1.61 bits per heavy atom. The molecule has 1 N–H and O–H groups in total. The highest BCUT2D eigenvalue weighted by atomic mass is 79.9. The molecule has 3 aromatic carbocycles. The molecule has 0 saturated heterocycles. The van der Waals surface area contributed by atoms with E-state index in [-0.39, 0.29) is 12.3 Å². The van der Waals surface area contributed by atoms with Gasteiger partial charge in [0.1, 0.15) is 12.4 Å². The average molecular weight is 458 g/mol. The van der Waals surface area contributed by atoms with E-state index < -0.39 is 0 Å². The lowest BCUT2D eigenvalue weighted by atomic mass is 10.1. The second-order valence-electron chi connectivity index (χ2n) is 6.08. The van der Waals surface area contributed by atoms with Crippen LogP contribution >= 0.6 is 27.5 Å². The van der Waals surface area contributed by atoms with Crippen LogP contribution in [-0.4, -0.2) is 12.1 Å². The van der Waals surface area contributed by atoms with Gasteiger partial charge in [0.25, 0.3) is 0 Å². The van der Waals surface area contributed by atoms with E-state index in [1.165, 1.54) is 0 Å². The van der Waals surface area contributed by atoms with Crippen LogP contribution in [0.1, 0.15) is 16.7 Å². The Hall–Kier alpha value is -2.63. The predicted molar refractivity (Wildman–Crippen MR) is 116 cm³/mol. The molecule has 3 aromatic rings. The molecule has 1 amide bonds. The van der Waals surface area contributed by atoms with E-state index >= 15 is 0 Å². The van der Waals surface area contributed by atoms with E-state index in [1.54, 1.807) is 6.21 Å². The van der Waals surface area contributed by atoms with Crippen molar-refractivity contribution in [1.82, 2.24) is 5.43 Å². The van der Waals surface area contributed by atoms with Gasteiger partial charge >= 0.3 is 0 Å². The second-order valence-corrected chi connectivity index (χ2v) is 7.43. The Kier molecular flexibility index (Phi) is 7.23. The van der Waals surface area contributed by atoms with Gasteiger partial charge in [0.05, 0.1) is 12.6 Å². The third kappa shape index (κ3) is 6.51. The van der Waals surface area contributed by atoms with Crippen molar-refractivity contribution >= 4 is 39.7 Å². The molecule has 0 radical (unpaired) electrons. The number of hydrazone groups is 1. The van der Waals surface area contributed by atoms with Crippen molar-refractivity contribution in [2.24, 2.45) is 5.10 Å². The summed E-state index contributed by atoms with van der Waals surface area (Å²) in [5.41, 5.74) is 5.37. The van der Waals surface area contributed by atoms with Crippen LogP contribution in [0.5, 0.6) is 5.75 Å². The number of carbonyl (C=O) groups is 1. The van der Waals surface area contributed by atoms with Gasteiger partial charge < -0.3 is 4.74 Å². The van der Waals surface area contributed by atoms with Crippen molar-refractivity contribution in [2.75, 3.05) is 0 Å². The molecule has 0 heterocycles. The number of amides is 1. The number of halogens is 2. The smallest absolute Gasteiger partial charge is 0.244 e. The summed E-state index contributed by atoms with van der Waals surface area (Å²) >= 11 is 9.24. The summed E-state index contributed by atoms with van der Waals surface area (Å²) < 4.78 is 6.73. The van der Waals surface area contributed by atoms with Crippen LogP contribution in [0.4, 0.5) is 0 Å². The van der Waals surface area contributed by atoms with Gasteiger partial charge in [-0.3, -0.25) is 4.79 Å². The van der Waals surface area contributed by atoms with Crippen LogP contribution in [0, 0.1) is 0 Å². The Labute approximate surface area is 177 Å². The van der Waals surface area contributed by atoms with E-state index in [2.05, 4.69) is 26.5 Å². The number of carbonyl (C=O) groups excluding carboxylic acids is 1. The maximum Gasteiger partial charge on any atom is 0.244 e. The summed E-state index contributed by atoms with van der Waals surface area (Å²) in [7, 11) is 0. The summed E-state index contributed by atoms with van der Waals surface area (Å²) in [6.07, 6.45) is 1.88. The fourth-order valence-corrected chi connectivity index (χ4v) is 2.79. The van der Waals surface area contributed by atoms with Crippen molar-refractivity contribution in [3.05, 3.63) is 99.0 Å². The van der Waals surface area contributed by atoms with Crippen molar-refractivity contribution in [1.29, 1.82) is 0 Å². The number of benzene rings is 3. The highest BCUT2D eigenvalue weighted by Crippen LogP contribution is 2.15. The standard InChI is InChI=1S/C22H18BrClN2O2/c23-19-7-1-16(2-8-19)13-22(27)26-25-14-17-5-11-21(12-6-17)28-15-18-3-9-20(24)10-4-18/h1-12,14H,13,15H2,(H,26,27)/b25-14-. The van der Waals surface area contributed by atoms with Gasteiger partial charge in [-0.05, 0) is 65.2 Å². The lowest BCUT2D eigenvalue weighted by Gasteiger charge is -2.06. The molecule has 0 spiro atoms. The molecule has 0 saturated carbocycles. The zero-order valence-electron chi connectivity index (χ0n) is 14.9. The quantitative estimate of drug-likeness (QED) is 0.383. The van der Waals surface area contributed by atoms with Crippen LogP contribution in [0.3, 0.4) is 0 Å². The van der Waals surface area contributed by atoms with Gasteiger partial charge in [-0.25, -0.2) is 5.43 Å². The number of hydrogen-bond acceptors (Lipinski definition) is 3. The number of ether oxygens (including phenoxy) is 1. The highest BCUT2D eigenvalue weighted by Gasteiger charge is 2.02. The van der Waals surface area contributed by atoms with E-state index in [0.717, 1.165) is 26.9 Å². The summed E-state index contributed by atoms with van der Waals surface area (Å²) in [4.78, 5) is 11.9. The molecule has 0 aliphatic rings. The molecular formula is C22H18BrClN2O2. The topological polar surface area (TPSA) is 50.7 Å². The minimum atomic E-state index is -0.165. The fraction of sp³-hybridized carbons (Fsp3) is 0.0909. The Bertz CT molecular complexity index is 940. The third-order valence-corrected chi connectivity index (χ3v) is 4.66. The van der Waals surface area contributed by atoms with Gasteiger partial charge in [0.15, 0.2) is 0 Å². The fourth-order valence-electron chi connectivity index (χ4n) is 2.40. The van der Waals surface area contributed by atoms with E-state index in [9.17, 15) is 4.79 Å². The Morgan fingerprint density at radius 1 is 0.964 bits per heavy atom. The normalized spacial score (nSPS) is 10.8. The Balaban J connectivity index is 1.45. The number of nitrogens with zero attached hydrogens (tertiary/aromatic N) is 1. The summed E-state index contributed by atoms with van der Waals surface area (Å²) in [6.45, 7) is 0.469. The van der Waals surface area contributed by atoms with Crippen LogP contribution < -0.4 is 10.2 Å². The van der Waals surface area contributed by atoms with Crippen molar-refractivity contribution in [2.45, 2.75) is 13.0 Å². The second kappa shape index (κ2) is 10.1. The molecule has 0 unspecified atom stereocenters. The summed E-state index contributed by atoms with van der Waals surface area (Å²) in [5.74, 6) is 0.591. The monoisotopic (exact) mass is 456 g/mol. The average Bonchev–Trinajstić information content (AvgIpc) is 2.70. The molecule has 142 valence electrons. The van der Waals surface area contributed by atoms with Crippen LogP contribution in [0.2, 0.25) is 5.02 Å². The molecule has 3 rings (SSSR count). The van der Waals surface area contributed by atoms with Gasteiger partial charge in [-0.2, -0.15) is 5.10 Å². The first-order valence-corrected chi connectivity index (χ1v) is 9.79. The zero-order valence-corrected chi connectivity index (χ0v) is 17.3. The van der Waals surface area contributed by atoms with Crippen molar-refractivity contribution < 1.29 is 9.53 Å².